The molecule has 0 aromatic carbocycles. The van der Waals surface area contributed by atoms with Gasteiger partial charge in [-0.3, -0.25) is 0 Å². The highest BCUT2D eigenvalue weighted by Crippen LogP contribution is 2.25. The summed E-state index contributed by atoms with van der Waals surface area (Å²) in [5.41, 5.74) is -0.0759. The molecular weight excluding hydrogens is 230 g/mol. The van der Waals surface area contributed by atoms with Gasteiger partial charge in [0.1, 0.15) is 0 Å². The van der Waals surface area contributed by atoms with E-state index in [2.05, 4.69) is 29.1 Å². The van der Waals surface area contributed by atoms with E-state index in [1.807, 2.05) is 6.92 Å². The van der Waals surface area contributed by atoms with E-state index < -0.39 is 0 Å². The summed E-state index contributed by atoms with van der Waals surface area (Å²) < 4.78 is 11.1. The maximum atomic E-state index is 5.69. The molecule has 1 N–H and O–H groups in total. The lowest BCUT2D eigenvalue weighted by Crippen LogP contribution is -2.40. The highest BCUT2D eigenvalue weighted by molar-refractivity contribution is 5.29. The van der Waals surface area contributed by atoms with Crippen LogP contribution in [0.5, 0.6) is 5.88 Å². The monoisotopic (exact) mass is 251 g/mol. The number of anilines is 1. The fraction of sp³-hybridized carbons (Fsp3) is 0.692. The summed E-state index contributed by atoms with van der Waals surface area (Å²) in [7, 11) is 0. The van der Waals surface area contributed by atoms with Gasteiger partial charge in [-0.2, -0.15) is 4.98 Å². The molecule has 2 rings (SSSR count). The first-order valence-corrected chi connectivity index (χ1v) is 6.45. The quantitative estimate of drug-likeness (QED) is 0.889. The summed E-state index contributed by atoms with van der Waals surface area (Å²) in [4.78, 5) is 8.54. The van der Waals surface area contributed by atoms with Crippen molar-refractivity contribution in [3.8, 4) is 5.88 Å². The van der Waals surface area contributed by atoms with Crippen LogP contribution in [0.4, 0.5) is 5.95 Å². The lowest BCUT2D eigenvalue weighted by atomic mass is 9.94. The first-order valence-electron chi connectivity index (χ1n) is 6.45. The number of nitrogens with one attached hydrogen (secondary N) is 1. The Morgan fingerprint density at radius 2 is 2.39 bits per heavy atom. The molecule has 0 spiro atoms. The van der Waals surface area contributed by atoms with E-state index in [-0.39, 0.29) is 5.60 Å². The van der Waals surface area contributed by atoms with E-state index in [0.717, 1.165) is 19.4 Å². The van der Waals surface area contributed by atoms with E-state index in [9.17, 15) is 0 Å². The zero-order chi connectivity index (χ0) is 13.0. The summed E-state index contributed by atoms with van der Waals surface area (Å²) >= 11 is 0. The van der Waals surface area contributed by atoms with Crippen molar-refractivity contribution in [2.45, 2.75) is 45.3 Å². The van der Waals surface area contributed by atoms with Crippen LogP contribution in [0.2, 0.25) is 0 Å². The molecule has 0 amide bonds. The first-order chi connectivity index (χ1) is 8.59. The molecule has 5 nitrogen and oxygen atoms in total. The topological polar surface area (TPSA) is 56.3 Å². The molecule has 1 unspecified atom stereocenters. The van der Waals surface area contributed by atoms with Crippen molar-refractivity contribution >= 4 is 5.95 Å². The van der Waals surface area contributed by atoms with Gasteiger partial charge < -0.3 is 14.8 Å². The average Bonchev–Trinajstić information content (AvgIpc) is 2.28. The number of aromatic nitrogens is 2. The third-order valence-electron chi connectivity index (χ3n) is 2.95. The minimum Gasteiger partial charge on any atom is -0.478 e. The van der Waals surface area contributed by atoms with Crippen molar-refractivity contribution in [2.75, 3.05) is 18.5 Å². The van der Waals surface area contributed by atoms with Gasteiger partial charge in [-0.25, -0.2) is 4.98 Å². The number of nitrogens with zero attached hydrogens (tertiary/aromatic N) is 2. The van der Waals surface area contributed by atoms with Gasteiger partial charge in [0.15, 0.2) is 0 Å². The first kappa shape index (κ1) is 13.1. The summed E-state index contributed by atoms with van der Waals surface area (Å²) in [5, 5.41) is 3.35. The van der Waals surface area contributed by atoms with E-state index >= 15 is 0 Å². The normalized spacial score (nSPS) is 22.5. The number of rotatable bonds is 4. The zero-order valence-corrected chi connectivity index (χ0v) is 11.3. The van der Waals surface area contributed by atoms with E-state index in [0.29, 0.717) is 24.5 Å². The van der Waals surface area contributed by atoms with Crippen molar-refractivity contribution in [3.63, 3.8) is 0 Å². The van der Waals surface area contributed by atoms with Crippen LogP contribution in [0.25, 0.3) is 0 Å². The summed E-state index contributed by atoms with van der Waals surface area (Å²) in [6, 6.07) is 2.12. The molecule has 0 saturated carbocycles. The van der Waals surface area contributed by atoms with Crippen LogP contribution >= 0.6 is 0 Å². The second-order valence-corrected chi connectivity index (χ2v) is 5.09. The smallest absolute Gasteiger partial charge is 0.226 e. The molecule has 1 aromatic heterocycles. The molecule has 100 valence electrons. The average molecular weight is 251 g/mol. The van der Waals surface area contributed by atoms with Gasteiger partial charge in [0, 0.05) is 24.9 Å². The SMILES string of the molecule is CCOc1ccnc(NC2CCOC(C)(C)C2)n1. The molecule has 1 atom stereocenters. The standard InChI is InChI=1S/C13H21N3O2/c1-4-17-11-5-7-14-12(16-11)15-10-6-8-18-13(2,3)9-10/h5,7,10H,4,6,8-9H2,1-3H3,(H,14,15,16). The van der Waals surface area contributed by atoms with Crippen LogP contribution in [0.3, 0.4) is 0 Å². The number of hydrogen-bond donors (Lipinski definition) is 1. The van der Waals surface area contributed by atoms with E-state index in [1.54, 1.807) is 12.3 Å². The Hall–Kier alpha value is -1.36. The Labute approximate surface area is 108 Å². The number of hydrogen-bond acceptors (Lipinski definition) is 5. The van der Waals surface area contributed by atoms with Crippen LogP contribution < -0.4 is 10.1 Å². The van der Waals surface area contributed by atoms with E-state index in [1.165, 1.54) is 0 Å². The van der Waals surface area contributed by atoms with Gasteiger partial charge in [0.05, 0.1) is 12.2 Å². The van der Waals surface area contributed by atoms with Crippen molar-refractivity contribution in [1.82, 2.24) is 9.97 Å². The Morgan fingerprint density at radius 1 is 1.56 bits per heavy atom. The zero-order valence-electron chi connectivity index (χ0n) is 11.3. The largest absolute Gasteiger partial charge is 0.478 e. The van der Waals surface area contributed by atoms with Gasteiger partial charge in [0.25, 0.3) is 0 Å². The molecule has 0 radical (unpaired) electrons. The van der Waals surface area contributed by atoms with Crippen LogP contribution in [0.15, 0.2) is 12.3 Å². The highest BCUT2D eigenvalue weighted by atomic mass is 16.5. The third kappa shape index (κ3) is 3.57. The van der Waals surface area contributed by atoms with Crippen LogP contribution in [-0.2, 0) is 4.74 Å². The van der Waals surface area contributed by atoms with Crippen molar-refractivity contribution < 1.29 is 9.47 Å². The third-order valence-corrected chi connectivity index (χ3v) is 2.95. The second kappa shape index (κ2) is 5.52. The molecule has 1 saturated heterocycles. The number of ether oxygens (including phenoxy) is 2. The van der Waals surface area contributed by atoms with Gasteiger partial charge >= 0.3 is 0 Å². The fourth-order valence-corrected chi connectivity index (χ4v) is 2.18. The molecule has 5 heteroatoms. The molecule has 0 bridgehead atoms. The molecular formula is C13H21N3O2. The van der Waals surface area contributed by atoms with Crippen LogP contribution in [0, 0.1) is 0 Å². The van der Waals surface area contributed by atoms with Gasteiger partial charge in [-0.05, 0) is 33.6 Å². The summed E-state index contributed by atoms with van der Waals surface area (Å²) in [6.07, 6.45) is 3.64. The summed E-state index contributed by atoms with van der Waals surface area (Å²) in [5.74, 6) is 1.24. The Bertz CT molecular complexity index is 396. The van der Waals surface area contributed by atoms with Crippen molar-refractivity contribution in [2.24, 2.45) is 0 Å². The predicted octanol–water partition coefficient (Wildman–Crippen LogP) is 2.24. The Kier molecular flexibility index (Phi) is 4.01. The van der Waals surface area contributed by atoms with E-state index in [4.69, 9.17) is 9.47 Å². The molecule has 1 aromatic rings. The van der Waals surface area contributed by atoms with Crippen LogP contribution in [0.1, 0.15) is 33.6 Å². The minimum atomic E-state index is -0.0759. The second-order valence-electron chi connectivity index (χ2n) is 5.09. The lowest BCUT2D eigenvalue weighted by Gasteiger charge is -2.35. The van der Waals surface area contributed by atoms with Crippen LogP contribution in [-0.4, -0.2) is 34.8 Å². The highest BCUT2D eigenvalue weighted by Gasteiger charge is 2.29. The molecule has 1 aliphatic heterocycles. The molecule has 0 aliphatic carbocycles. The van der Waals surface area contributed by atoms with Gasteiger partial charge in [0.2, 0.25) is 11.8 Å². The van der Waals surface area contributed by atoms with Crippen molar-refractivity contribution in [1.29, 1.82) is 0 Å². The maximum absolute atomic E-state index is 5.69. The molecule has 1 fully saturated rings. The maximum Gasteiger partial charge on any atom is 0.226 e. The molecule has 1 aliphatic rings. The van der Waals surface area contributed by atoms with Gasteiger partial charge in [-0.1, -0.05) is 0 Å². The van der Waals surface area contributed by atoms with Crippen molar-refractivity contribution in [3.05, 3.63) is 12.3 Å². The summed E-state index contributed by atoms with van der Waals surface area (Å²) in [6.45, 7) is 7.55. The molecule has 2 heterocycles. The van der Waals surface area contributed by atoms with Gasteiger partial charge in [-0.15, -0.1) is 0 Å². The fourth-order valence-electron chi connectivity index (χ4n) is 2.18. The lowest BCUT2D eigenvalue weighted by molar-refractivity contribution is -0.0554. The molecule has 18 heavy (non-hydrogen) atoms. The minimum absolute atomic E-state index is 0.0759. The Morgan fingerprint density at radius 3 is 3.11 bits per heavy atom. The Balaban J connectivity index is 1.98. The predicted molar refractivity (Wildman–Crippen MR) is 69.9 cm³/mol.